The van der Waals surface area contributed by atoms with Crippen molar-refractivity contribution in [3.63, 3.8) is 0 Å². The van der Waals surface area contributed by atoms with E-state index in [9.17, 15) is 18.4 Å². The third-order valence-corrected chi connectivity index (χ3v) is 2.98. The highest BCUT2D eigenvalue weighted by Gasteiger charge is 2.18. The minimum absolute atomic E-state index is 0.118. The highest BCUT2D eigenvalue weighted by atomic mass is 32.2. The van der Waals surface area contributed by atoms with Crippen LogP contribution >= 0.6 is 11.8 Å². The lowest BCUT2D eigenvalue weighted by Gasteiger charge is -2.06. The molecule has 1 aromatic carbocycles. The molecule has 1 aromatic rings. The predicted molar refractivity (Wildman–Crippen MR) is 63.6 cm³/mol. The molecule has 98 valence electrons. The number of carbonyl (C=O) groups is 2. The van der Waals surface area contributed by atoms with Gasteiger partial charge in [0.2, 0.25) is 0 Å². The molecule has 1 rings (SSSR count). The van der Waals surface area contributed by atoms with E-state index in [1.54, 1.807) is 0 Å². The van der Waals surface area contributed by atoms with E-state index in [-0.39, 0.29) is 22.3 Å². The maximum atomic E-state index is 13.4. The Hall–Kier alpha value is -1.43. The molecule has 0 saturated carbocycles. The van der Waals surface area contributed by atoms with Crippen LogP contribution in [0.25, 0.3) is 0 Å². The number of aromatic carboxylic acids is 1. The molecule has 0 amide bonds. The number of hydrogen-bond acceptors (Lipinski definition) is 3. The van der Waals surface area contributed by atoms with Gasteiger partial charge in [-0.15, -0.1) is 0 Å². The summed E-state index contributed by atoms with van der Waals surface area (Å²) < 4.78 is 26.5. The second-order valence-electron chi connectivity index (χ2n) is 4.14. The van der Waals surface area contributed by atoms with Crippen LogP contribution in [0.1, 0.15) is 30.6 Å². The van der Waals surface area contributed by atoms with E-state index in [2.05, 4.69) is 0 Å². The van der Waals surface area contributed by atoms with Gasteiger partial charge in [-0.3, -0.25) is 4.79 Å². The van der Waals surface area contributed by atoms with Gasteiger partial charge in [0.1, 0.15) is 11.6 Å². The van der Waals surface area contributed by atoms with Crippen molar-refractivity contribution in [2.75, 3.05) is 0 Å². The van der Waals surface area contributed by atoms with Gasteiger partial charge >= 0.3 is 5.97 Å². The van der Waals surface area contributed by atoms with Crippen molar-refractivity contribution in [1.82, 2.24) is 0 Å². The largest absolute Gasteiger partial charge is 0.478 e. The number of carboxylic acids is 1. The summed E-state index contributed by atoms with van der Waals surface area (Å²) in [5.74, 6) is -3.46. The number of carbonyl (C=O) groups excluding carboxylic acids is 1. The van der Waals surface area contributed by atoms with Crippen molar-refractivity contribution in [2.24, 2.45) is 5.92 Å². The maximum Gasteiger partial charge on any atom is 0.338 e. The fraction of sp³-hybridized carbons (Fsp3) is 0.333. The first kappa shape index (κ1) is 14.6. The third kappa shape index (κ3) is 3.80. The Kier molecular flexibility index (Phi) is 4.84. The Balaban J connectivity index is 2.99. The number of thioether (sulfide) groups is 1. The number of halogens is 2. The fourth-order valence-electron chi connectivity index (χ4n) is 1.27. The molecule has 0 bridgehead atoms. The van der Waals surface area contributed by atoms with Gasteiger partial charge in [-0.25, -0.2) is 13.6 Å². The summed E-state index contributed by atoms with van der Waals surface area (Å²) in [4.78, 5) is 22.0. The molecule has 0 atom stereocenters. The molecule has 0 unspecified atom stereocenters. The highest BCUT2D eigenvalue weighted by Crippen LogP contribution is 2.27. The molecule has 0 radical (unpaired) electrons. The second kappa shape index (κ2) is 5.95. The molecular formula is C12H12F2O3S. The van der Waals surface area contributed by atoms with Crippen molar-refractivity contribution in [1.29, 1.82) is 0 Å². The summed E-state index contributed by atoms with van der Waals surface area (Å²) in [6.07, 6.45) is 0.240. The monoisotopic (exact) mass is 274 g/mol. The summed E-state index contributed by atoms with van der Waals surface area (Å²) in [6.45, 7) is 3.67. The molecule has 1 N–H and O–H groups in total. The molecule has 0 aliphatic carbocycles. The minimum Gasteiger partial charge on any atom is -0.478 e. The minimum atomic E-state index is -1.49. The lowest BCUT2D eigenvalue weighted by atomic mass is 10.2. The summed E-state index contributed by atoms with van der Waals surface area (Å²) in [5.41, 5.74) is -0.642. The second-order valence-corrected chi connectivity index (χ2v) is 5.24. The molecule has 0 spiro atoms. The van der Waals surface area contributed by atoms with Crippen LogP contribution in [0.3, 0.4) is 0 Å². The summed E-state index contributed by atoms with van der Waals surface area (Å²) in [6, 6.07) is 1.32. The Bertz CT molecular complexity index is 486. The Labute approximate surface area is 107 Å². The molecule has 3 nitrogen and oxygen atoms in total. The average Bonchev–Trinajstić information content (AvgIpc) is 2.20. The highest BCUT2D eigenvalue weighted by molar-refractivity contribution is 8.13. The molecule has 0 aliphatic heterocycles. The number of rotatable bonds is 4. The van der Waals surface area contributed by atoms with Gasteiger partial charge in [-0.2, -0.15) is 0 Å². The molecule has 0 aromatic heterocycles. The van der Waals surface area contributed by atoms with Crippen molar-refractivity contribution in [3.8, 4) is 0 Å². The first-order chi connectivity index (χ1) is 8.31. The van der Waals surface area contributed by atoms with Crippen molar-refractivity contribution in [2.45, 2.75) is 25.2 Å². The Morgan fingerprint density at radius 2 is 1.89 bits per heavy atom. The maximum absolute atomic E-state index is 13.4. The number of hydrogen-bond donors (Lipinski definition) is 1. The zero-order valence-corrected chi connectivity index (χ0v) is 10.7. The molecule has 0 aliphatic rings. The van der Waals surface area contributed by atoms with Gasteiger partial charge in [0.25, 0.3) is 0 Å². The zero-order valence-electron chi connectivity index (χ0n) is 9.87. The van der Waals surface area contributed by atoms with Crippen LogP contribution in [0.2, 0.25) is 0 Å². The van der Waals surface area contributed by atoms with Crippen molar-refractivity contribution >= 4 is 22.8 Å². The van der Waals surface area contributed by atoms with E-state index in [0.717, 1.165) is 6.07 Å². The number of benzene rings is 1. The normalized spacial score (nSPS) is 10.7. The van der Waals surface area contributed by atoms with E-state index in [4.69, 9.17) is 5.11 Å². The zero-order chi connectivity index (χ0) is 13.9. The first-order valence-electron chi connectivity index (χ1n) is 5.24. The quantitative estimate of drug-likeness (QED) is 0.856. The van der Waals surface area contributed by atoms with E-state index in [1.807, 2.05) is 13.8 Å². The van der Waals surface area contributed by atoms with E-state index < -0.39 is 23.2 Å². The van der Waals surface area contributed by atoms with Crippen LogP contribution in [-0.4, -0.2) is 16.2 Å². The SMILES string of the molecule is CC(C)CC(=O)Sc1cc(C(=O)O)c(F)cc1F. The van der Waals surface area contributed by atoms with Gasteiger partial charge in [0.05, 0.1) is 10.5 Å². The van der Waals surface area contributed by atoms with Gasteiger partial charge < -0.3 is 5.11 Å². The summed E-state index contributed by atoms with van der Waals surface area (Å²) in [5, 5.41) is 8.42. The smallest absolute Gasteiger partial charge is 0.338 e. The summed E-state index contributed by atoms with van der Waals surface area (Å²) >= 11 is 0.595. The topological polar surface area (TPSA) is 54.4 Å². The molecule has 6 heteroatoms. The van der Waals surface area contributed by atoms with Crippen LogP contribution in [0.4, 0.5) is 8.78 Å². The van der Waals surface area contributed by atoms with Gasteiger partial charge in [-0.05, 0) is 23.7 Å². The molecule has 18 heavy (non-hydrogen) atoms. The average molecular weight is 274 g/mol. The Morgan fingerprint density at radius 1 is 1.28 bits per heavy atom. The summed E-state index contributed by atoms with van der Waals surface area (Å²) in [7, 11) is 0. The van der Waals surface area contributed by atoms with Gasteiger partial charge in [0, 0.05) is 12.5 Å². The standard InChI is InChI=1S/C12H12F2O3S/c1-6(2)3-11(15)18-10-4-7(12(16)17)8(13)5-9(10)14/h4-6H,3H2,1-2H3,(H,16,17). The van der Waals surface area contributed by atoms with E-state index in [1.165, 1.54) is 0 Å². The van der Waals surface area contributed by atoms with Crippen molar-refractivity contribution < 1.29 is 23.5 Å². The fourth-order valence-corrected chi connectivity index (χ4v) is 2.26. The molecule has 0 saturated heterocycles. The molecular weight excluding hydrogens is 262 g/mol. The lowest BCUT2D eigenvalue weighted by Crippen LogP contribution is -2.04. The Morgan fingerprint density at radius 3 is 2.39 bits per heavy atom. The third-order valence-electron chi connectivity index (χ3n) is 2.05. The van der Waals surface area contributed by atoms with Crippen molar-refractivity contribution in [3.05, 3.63) is 29.3 Å². The molecule has 0 fully saturated rings. The number of carboxylic acid groups (broad SMARTS) is 1. The first-order valence-corrected chi connectivity index (χ1v) is 6.06. The van der Waals surface area contributed by atoms with Crippen LogP contribution in [0.5, 0.6) is 0 Å². The van der Waals surface area contributed by atoms with Crippen LogP contribution in [-0.2, 0) is 4.79 Å². The predicted octanol–water partition coefficient (Wildman–Crippen LogP) is 3.33. The van der Waals surface area contributed by atoms with E-state index >= 15 is 0 Å². The van der Waals surface area contributed by atoms with Crippen LogP contribution in [0.15, 0.2) is 17.0 Å². The van der Waals surface area contributed by atoms with Gasteiger partial charge in [-0.1, -0.05) is 13.8 Å². The van der Waals surface area contributed by atoms with Crippen LogP contribution < -0.4 is 0 Å². The van der Waals surface area contributed by atoms with Gasteiger partial charge in [0.15, 0.2) is 5.12 Å². The van der Waals surface area contributed by atoms with E-state index in [0.29, 0.717) is 17.8 Å². The molecule has 0 heterocycles. The van der Waals surface area contributed by atoms with Crippen LogP contribution in [0, 0.1) is 17.6 Å². The lowest BCUT2D eigenvalue weighted by molar-refractivity contribution is -0.111.